The van der Waals surface area contributed by atoms with Crippen LogP contribution in [0, 0.1) is 5.92 Å². The van der Waals surface area contributed by atoms with Crippen molar-refractivity contribution in [3.63, 3.8) is 0 Å². The number of hydrogen-bond donors (Lipinski definition) is 3. The number of fused-ring (bicyclic) bond motifs is 1. The van der Waals surface area contributed by atoms with Crippen molar-refractivity contribution in [1.29, 1.82) is 0 Å². The predicted molar refractivity (Wildman–Crippen MR) is 126 cm³/mol. The molecule has 2 amide bonds. The Morgan fingerprint density at radius 1 is 1.45 bits per heavy atom. The van der Waals surface area contributed by atoms with Gasteiger partial charge in [0.25, 0.3) is 11.8 Å². The van der Waals surface area contributed by atoms with Crippen LogP contribution in [0.15, 0.2) is 21.1 Å². The van der Waals surface area contributed by atoms with Crippen molar-refractivity contribution in [2.75, 3.05) is 37.6 Å². The molecule has 4 N–H and O–H groups in total. The van der Waals surface area contributed by atoms with Crippen molar-refractivity contribution in [2.45, 2.75) is 24.3 Å². The first kappa shape index (κ1) is 23.9. The van der Waals surface area contributed by atoms with E-state index in [0.29, 0.717) is 16.6 Å². The molecule has 0 spiro atoms. The number of amides is 2. The van der Waals surface area contributed by atoms with Crippen molar-refractivity contribution in [1.82, 2.24) is 15.2 Å². The zero-order valence-electron chi connectivity index (χ0n) is 17.7. The lowest BCUT2D eigenvalue weighted by Crippen LogP contribution is -2.71. The van der Waals surface area contributed by atoms with Crippen LogP contribution in [0.25, 0.3) is 0 Å². The number of thioether (sulfide) groups is 2. The summed E-state index contributed by atoms with van der Waals surface area (Å²) in [5, 5.41) is 17.5. The number of rotatable bonds is 8. The molecule has 4 heterocycles. The maximum Gasteiger partial charge on any atom is 0.353 e. The Hall–Kier alpha value is -2.29. The molecular formula is C19H23N5O6S3. The number of anilines is 1. The number of nitrogen functional groups attached to an aromatic ring is 1. The summed E-state index contributed by atoms with van der Waals surface area (Å²) in [5.74, 6) is -0.564. The largest absolute Gasteiger partial charge is 0.477 e. The number of carboxylic acid groups (broad SMARTS) is 1. The highest BCUT2D eigenvalue weighted by Crippen LogP contribution is 2.44. The molecule has 1 aromatic rings. The molecule has 2 atom stereocenters. The molecule has 178 valence electrons. The van der Waals surface area contributed by atoms with Gasteiger partial charge < -0.3 is 25.7 Å². The lowest BCUT2D eigenvalue weighted by molar-refractivity contribution is -0.150. The number of carbonyl (C=O) groups excluding carboxylic acids is 2. The lowest BCUT2D eigenvalue weighted by atomic mass is 10.0. The normalized spacial score (nSPS) is 23.7. The summed E-state index contributed by atoms with van der Waals surface area (Å²) in [6.45, 7) is 1.45. The average molecular weight is 514 g/mol. The third-order valence-corrected chi connectivity index (χ3v) is 8.88. The Morgan fingerprint density at radius 3 is 2.85 bits per heavy atom. The Kier molecular flexibility index (Phi) is 7.46. The summed E-state index contributed by atoms with van der Waals surface area (Å²) in [5.41, 5.74) is 5.76. The smallest absolute Gasteiger partial charge is 0.353 e. The summed E-state index contributed by atoms with van der Waals surface area (Å²) < 4.78 is 5.38. The molecule has 0 aliphatic carbocycles. The molecule has 14 heteroatoms. The molecule has 2 saturated heterocycles. The zero-order valence-corrected chi connectivity index (χ0v) is 20.1. The number of hydrogen-bond acceptors (Lipinski definition) is 11. The number of thiazole rings is 1. The van der Waals surface area contributed by atoms with E-state index in [2.05, 4.69) is 15.5 Å². The maximum atomic E-state index is 12.9. The molecule has 0 aromatic carbocycles. The minimum absolute atomic E-state index is 0.00404. The van der Waals surface area contributed by atoms with E-state index in [0.717, 1.165) is 43.1 Å². The first-order valence-electron chi connectivity index (χ1n) is 10.2. The fraction of sp³-hybridized carbons (Fsp3) is 0.526. The van der Waals surface area contributed by atoms with Crippen LogP contribution >= 0.6 is 34.9 Å². The van der Waals surface area contributed by atoms with Crippen LogP contribution in [0.1, 0.15) is 18.5 Å². The number of aromatic nitrogens is 1. The molecule has 4 rings (SSSR count). The number of aliphatic carboxylic acids is 1. The Morgan fingerprint density at radius 2 is 2.21 bits per heavy atom. The second-order valence-corrected chi connectivity index (χ2v) is 10.6. The molecule has 0 saturated carbocycles. The van der Waals surface area contributed by atoms with Gasteiger partial charge in [0.1, 0.15) is 29.9 Å². The molecule has 0 bridgehead atoms. The van der Waals surface area contributed by atoms with Crippen LogP contribution < -0.4 is 11.1 Å². The molecule has 2 fully saturated rings. The number of nitrogens with zero attached hydrogens (tertiary/aromatic N) is 3. The van der Waals surface area contributed by atoms with Gasteiger partial charge in [-0.25, -0.2) is 9.78 Å². The van der Waals surface area contributed by atoms with Gasteiger partial charge in [-0.05, 0) is 18.8 Å². The van der Waals surface area contributed by atoms with Crippen LogP contribution in [-0.2, 0) is 24.0 Å². The minimum Gasteiger partial charge on any atom is -0.477 e. The second-order valence-electron chi connectivity index (χ2n) is 7.50. The highest BCUT2D eigenvalue weighted by atomic mass is 32.2. The van der Waals surface area contributed by atoms with Gasteiger partial charge in [0.15, 0.2) is 10.8 Å². The summed E-state index contributed by atoms with van der Waals surface area (Å²) in [4.78, 5) is 48.4. The SMILES string of the molecule is CO/N=C(\C(=O)NC1C(=O)N2C(C(=O)O)=C(SCC3CCOCC3)CSC12)c1csc(N)n1. The monoisotopic (exact) mass is 513 g/mol. The molecule has 0 radical (unpaired) electrons. The van der Waals surface area contributed by atoms with Gasteiger partial charge in [-0.3, -0.25) is 14.5 Å². The first-order chi connectivity index (χ1) is 15.9. The predicted octanol–water partition coefficient (Wildman–Crippen LogP) is 0.932. The molecule has 1 aromatic heterocycles. The quantitative estimate of drug-likeness (QED) is 0.260. The van der Waals surface area contributed by atoms with Crippen LogP contribution in [0.5, 0.6) is 0 Å². The number of nitrogens with two attached hydrogens (primary N) is 1. The number of β-lactam (4-membered cyclic amide) rings is 1. The van der Waals surface area contributed by atoms with Crippen LogP contribution in [-0.4, -0.2) is 81.7 Å². The van der Waals surface area contributed by atoms with Crippen LogP contribution in [0.2, 0.25) is 0 Å². The van der Waals surface area contributed by atoms with Crippen molar-refractivity contribution in [2.24, 2.45) is 11.1 Å². The molecular weight excluding hydrogens is 490 g/mol. The molecule has 33 heavy (non-hydrogen) atoms. The van der Waals surface area contributed by atoms with Gasteiger partial charge in [-0.15, -0.1) is 34.9 Å². The van der Waals surface area contributed by atoms with Crippen molar-refractivity contribution in [3.05, 3.63) is 21.7 Å². The van der Waals surface area contributed by atoms with E-state index < -0.39 is 29.2 Å². The maximum absolute atomic E-state index is 12.9. The minimum atomic E-state index is -1.15. The highest BCUT2D eigenvalue weighted by Gasteiger charge is 2.54. The topological polar surface area (TPSA) is 156 Å². The average Bonchev–Trinajstić information content (AvgIpc) is 3.25. The summed E-state index contributed by atoms with van der Waals surface area (Å²) in [6, 6.07) is -0.878. The van der Waals surface area contributed by atoms with E-state index in [9.17, 15) is 19.5 Å². The summed E-state index contributed by atoms with van der Waals surface area (Å²) in [6.07, 6.45) is 1.90. The number of ether oxygens (including phenoxy) is 1. The Bertz CT molecular complexity index is 1010. The lowest BCUT2D eigenvalue weighted by Gasteiger charge is -2.49. The Labute approximate surface area is 202 Å². The number of nitrogens with one attached hydrogen (secondary N) is 1. The third kappa shape index (κ3) is 4.98. The van der Waals surface area contributed by atoms with Gasteiger partial charge in [-0.1, -0.05) is 5.16 Å². The van der Waals surface area contributed by atoms with Gasteiger partial charge >= 0.3 is 5.97 Å². The highest BCUT2D eigenvalue weighted by molar-refractivity contribution is 8.06. The van der Waals surface area contributed by atoms with Crippen molar-refractivity contribution >= 4 is 63.5 Å². The fourth-order valence-corrected chi connectivity index (χ4v) is 7.11. The molecule has 11 nitrogen and oxygen atoms in total. The molecule has 2 unspecified atom stereocenters. The van der Waals surface area contributed by atoms with Crippen LogP contribution in [0.4, 0.5) is 5.13 Å². The first-order valence-corrected chi connectivity index (χ1v) is 13.1. The Balaban J connectivity index is 1.45. The van der Waals surface area contributed by atoms with Crippen LogP contribution in [0.3, 0.4) is 0 Å². The molecule has 3 aliphatic rings. The number of carboxylic acids is 1. The van der Waals surface area contributed by atoms with E-state index >= 15 is 0 Å². The van der Waals surface area contributed by atoms with Gasteiger partial charge in [0.2, 0.25) is 0 Å². The van der Waals surface area contributed by atoms with E-state index in [4.69, 9.17) is 15.3 Å². The standard InChI is InChI=1S/C19H23N5O6S3/c1-29-23-12(10-7-33-19(20)21-10)15(25)22-13-16(26)24-14(18(27)28)11(8-32-17(13)24)31-6-9-2-4-30-5-3-9/h7,9,13,17H,2-6,8H2,1H3,(H2,20,21)(H,22,25)(H,27,28)/b23-12-. The van der Waals surface area contributed by atoms with E-state index in [1.165, 1.54) is 35.5 Å². The number of carbonyl (C=O) groups is 3. The van der Waals surface area contributed by atoms with Gasteiger partial charge in [0, 0.05) is 35.0 Å². The van der Waals surface area contributed by atoms with Crippen molar-refractivity contribution in [3.8, 4) is 0 Å². The zero-order chi connectivity index (χ0) is 23.5. The van der Waals surface area contributed by atoms with Crippen molar-refractivity contribution < 1.29 is 29.1 Å². The van der Waals surface area contributed by atoms with E-state index in [1.54, 1.807) is 5.38 Å². The van der Waals surface area contributed by atoms with Gasteiger partial charge in [0.05, 0.1) is 0 Å². The van der Waals surface area contributed by atoms with E-state index in [-0.39, 0.29) is 22.2 Å². The summed E-state index contributed by atoms with van der Waals surface area (Å²) >= 11 is 4.06. The molecule has 3 aliphatic heterocycles. The summed E-state index contributed by atoms with van der Waals surface area (Å²) in [7, 11) is 1.29. The van der Waals surface area contributed by atoms with Gasteiger partial charge in [-0.2, -0.15) is 0 Å². The number of oxime groups is 1. The second kappa shape index (κ2) is 10.3. The fourth-order valence-electron chi connectivity index (χ4n) is 3.73. The van der Waals surface area contributed by atoms with E-state index in [1.807, 2.05) is 0 Å². The third-order valence-electron chi connectivity index (χ3n) is 5.42.